The van der Waals surface area contributed by atoms with Crippen molar-refractivity contribution < 1.29 is 14.4 Å². The molecule has 1 aromatic carbocycles. The summed E-state index contributed by atoms with van der Waals surface area (Å²) in [6.07, 6.45) is 2.65. The van der Waals surface area contributed by atoms with Crippen LogP contribution in [0.1, 0.15) is 5.56 Å². The van der Waals surface area contributed by atoms with Crippen molar-refractivity contribution in [2.24, 2.45) is 5.10 Å². The van der Waals surface area contributed by atoms with E-state index in [4.69, 9.17) is 21.7 Å². The number of methoxy groups -OCH3 is 2. The summed E-state index contributed by atoms with van der Waals surface area (Å²) in [5.74, 6) is 0.626. The number of nitro benzene ring substituents is 1. The molecule has 1 N–H and O–H groups in total. The minimum atomic E-state index is -0.530. The first-order chi connectivity index (χ1) is 10.1. The molecule has 0 amide bonds. The first-order valence-electron chi connectivity index (χ1n) is 5.63. The van der Waals surface area contributed by atoms with E-state index in [-0.39, 0.29) is 21.8 Å². The first kappa shape index (κ1) is 14.7. The molecule has 0 spiro atoms. The highest BCUT2D eigenvalue weighted by Crippen LogP contribution is 2.33. The molecule has 2 rings (SSSR count). The minimum absolute atomic E-state index is 0.161. The Labute approximate surface area is 124 Å². The van der Waals surface area contributed by atoms with Crippen LogP contribution < -0.4 is 9.47 Å². The van der Waals surface area contributed by atoms with Crippen molar-refractivity contribution in [3.05, 3.63) is 38.9 Å². The molecule has 0 radical (unpaired) electrons. The van der Waals surface area contributed by atoms with Gasteiger partial charge in [-0.25, -0.2) is 0 Å². The molecule has 0 aliphatic carbocycles. The molecule has 0 aliphatic rings. The van der Waals surface area contributed by atoms with Gasteiger partial charge in [0.25, 0.3) is 5.69 Å². The van der Waals surface area contributed by atoms with Crippen molar-refractivity contribution >= 4 is 24.1 Å². The summed E-state index contributed by atoms with van der Waals surface area (Å²) in [6, 6.07) is 2.74. The summed E-state index contributed by atoms with van der Waals surface area (Å²) in [5, 5.41) is 21.3. The van der Waals surface area contributed by atoms with Crippen molar-refractivity contribution in [2.45, 2.75) is 0 Å². The molecule has 0 saturated carbocycles. The van der Waals surface area contributed by atoms with Gasteiger partial charge in [0, 0.05) is 0 Å². The maximum atomic E-state index is 11.1. The van der Waals surface area contributed by atoms with E-state index < -0.39 is 4.92 Å². The SMILES string of the molecule is COc1cc(/C=N\n2cn[nH]c2=S)c([N+](=O)[O-])cc1OC. The fourth-order valence-electron chi connectivity index (χ4n) is 1.59. The largest absolute Gasteiger partial charge is 0.493 e. The molecule has 110 valence electrons. The number of aromatic nitrogens is 3. The zero-order valence-corrected chi connectivity index (χ0v) is 12.0. The second-order valence-corrected chi connectivity index (χ2v) is 4.16. The molecule has 9 nitrogen and oxygen atoms in total. The van der Waals surface area contributed by atoms with E-state index >= 15 is 0 Å². The molecular weight excluding hydrogens is 298 g/mol. The third-order valence-corrected chi connectivity index (χ3v) is 2.86. The zero-order valence-electron chi connectivity index (χ0n) is 11.1. The normalized spacial score (nSPS) is 10.8. The van der Waals surface area contributed by atoms with Crippen LogP contribution in [0.5, 0.6) is 11.5 Å². The minimum Gasteiger partial charge on any atom is -0.493 e. The summed E-state index contributed by atoms with van der Waals surface area (Å²) in [4.78, 5) is 10.6. The summed E-state index contributed by atoms with van der Waals surface area (Å²) < 4.78 is 11.7. The van der Waals surface area contributed by atoms with Crippen LogP contribution in [-0.2, 0) is 0 Å². The Hall–Kier alpha value is -2.75. The Bertz CT molecular complexity index is 751. The van der Waals surface area contributed by atoms with E-state index in [0.717, 1.165) is 0 Å². The lowest BCUT2D eigenvalue weighted by molar-refractivity contribution is -0.385. The third kappa shape index (κ3) is 3.05. The molecule has 0 fully saturated rings. The molecular formula is C11H11N5O4S. The van der Waals surface area contributed by atoms with Crippen LogP contribution in [0.3, 0.4) is 0 Å². The molecule has 0 unspecified atom stereocenters. The third-order valence-electron chi connectivity index (χ3n) is 2.59. The Balaban J connectivity index is 2.51. The van der Waals surface area contributed by atoms with Crippen LogP contribution in [0.4, 0.5) is 5.69 Å². The number of hydrogen-bond donors (Lipinski definition) is 1. The fraction of sp³-hybridized carbons (Fsp3) is 0.182. The molecule has 0 saturated heterocycles. The highest BCUT2D eigenvalue weighted by Gasteiger charge is 2.18. The molecule has 2 aromatic rings. The van der Waals surface area contributed by atoms with E-state index in [1.165, 1.54) is 43.6 Å². The van der Waals surface area contributed by atoms with Gasteiger partial charge in [-0.2, -0.15) is 14.9 Å². The number of H-pyrrole nitrogens is 1. The van der Waals surface area contributed by atoms with Gasteiger partial charge in [0.15, 0.2) is 11.5 Å². The number of nitrogens with one attached hydrogen (secondary N) is 1. The highest BCUT2D eigenvalue weighted by atomic mass is 32.1. The molecule has 0 atom stereocenters. The van der Waals surface area contributed by atoms with Crippen molar-refractivity contribution in [1.29, 1.82) is 0 Å². The summed E-state index contributed by atoms with van der Waals surface area (Å²) in [6.45, 7) is 0. The monoisotopic (exact) mass is 309 g/mol. The second kappa shape index (κ2) is 6.13. The van der Waals surface area contributed by atoms with Crippen molar-refractivity contribution in [2.75, 3.05) is 14.2 Å². The van der Waals surface area contributed by atoms with Crippen LogP contribution in [-0.4, -0.2) is 40.2 Å². The van der Waals surface area contributed by atoms with Crippen molar-refractivity contribution in [1.82, 2.24) is 14.9 Å². The Kier molecular flexibility index (Phi) is 4.28. The van der Waals surface area contributed by atoms with Crippen LogP contribution in [0.2, 0.25) is 0 Å². The highest BCUT2D eigenvalue weighted by molar-refractivity contribution is 7.71. The van der Waals surface area contributed by atoms with Gasteiger partial charge in [0.05, 0.1) is 37.0 Å². The number of benzene rings is 1. The van der Waals surface area contributed by atoms with Crippen LogP contribution in [0.25, 0.3) is 0 Å². The average molecular weight is 309 g/mol. The lowest BCUT2D eigenvalue weighted by atomic mass is 10.1. The Morgan fingerprint density at radius 1 is 1.43 bits per heavy atom. The van der Waals surface area contributed by atoms with E-state index in [0.29, 0.717) is 5.75 Å². The number of aromatic amines is 1. The first-order valence-corrected chi connectivity index (χ1v) is 6.04. The number of ether oxygens (including phenoxy) is 2. The molecule has 0 bridgehead atoms. The van der Waals surface area contributed by atoms with Crippen molar-refractivity contribution in [3.8, 4) is 11.5 Å². The molecule has 0 aliphatic heterocycles. The van der Waals surface area contributed by atoms with Gasteiger partial charge in [-0.05, 0) is 18.3 Å². The van der Waals surface area contributed by atoms with Crippen LogP contribution in [0.15, 0.2) is 23.6 Å². The van der Waals surface area contributed by atoms with Gasteiger partial charge >= 0.3 is 0 Å². The summed E-state index contributed by atoms with van der Waals surface area (Å²) >= 11 is 4.93. The lowest BCUT2D eigenvalue weighted by Crippen LogP contribution is -1.99. The smallest absolute Gasteiger partial charge is 0.282 e. The van der Waals surface area contributed by atoms with Gasteiger partial charge in [0.1, 0.15) is 6.33 Å². The van der Waals surface area contributed by atoms with Gasteiger partial charge in [-0.15, -0.1) is 0 Å². The summed E-state index contributed by atoms with van der Waals surface area (Å²) in [5.41, 5.74) is 0.0900. The standard InChI is InChI=1S/C11H11N5O4S/c1-19-9-3-7(5-13-15-6-12-14-11(15)21)8(16(17)18)4-10(9)20-2/h3-6H,1-2H3,(H,14,21)/b13-5-. The molecule has 21 heavy (non-hydrogen) atoms. The van der Waals surface area contributed by atoms with E-state index in [1.807, 2.05) is 0 Å². The summed E-state index contributed by atoms with van der Waals surface area (Å²) in [7, 11) is 2.84. The predicted molar refractivity (Wildman–Crippen MR) is 76.6 cm³/mol. The number of hydrogen-bond acceptors (Lipinski definition) is 7. The number of rotatable bonds is 5. The van der Waals surface area contributed by atoms with Gasteiger partial charge in [0.2, 0.25) is 4.77 Å². The topological polar surface area (TPSA) is 108 Å². The number of nitrogens with zero attached hydrogens (tertiary/aromatic N) is 4. The average Bonchev–Trinajstić information content (AvgIpc) is 2.89. The Morgan fingerprint density at radius 3 is 2.62 bits per heavy atom. The van der Waals surface area contributed by atoms with Gasteiger partial charge in [-0.3, -0.25) is 15.2 Å². The molecule has 1 aromatic heterocycles. The maximum absolute atomic E-state index is 11.1. The fourth-order valence-corrected chi connectivity index (χ4v) is 1.74. The Morgan fingerprint density at radius 2 is 2.10 bits per heavy atom. The van der Waals surface area contributed by atoms with E-state index in [9.17, 15) is 10.1 Å². The maximum Gasteiger partial charge on any atom is 0.282 e. The van der Waals surface area contributed by atoms with Crippen LogP contribution in [0, 0.1) is 14.9 Å². The van der Waals surface area contributed by atoms with Gasteiger partial charge < -0.3 is 9.47 Å². The zero-order chi connectivity index (χ0) is 15.4. The predicted octanol–water partition coefficient (Wildman–Crippen LogP) is 1.75. The quantitative estimate of drug-likeness (QED) is 0.390. The molecule has 10 heteroatoms. The van der Waals surface area contributed by atoms with E-state index in [1.54, 1.807) is 0 Å². The second-order valence-electron chi connectivity index (χ2n) is 3.77. The van der Waals surface area contributed by atoms with Crippen molar-refractivity contribution in [3.63, 3.8) is 0 Å². The van der Waals surface area contributed by atoms with Gasteiger partial charge in [-0.1, -0.05) is 0 Å². The number of nitro groups is 1. The lowest BCUT2D eigenvalue weighted by Gasteiger charge is -2.08. The van der Waals surface area contributed by atoms with Crippen LogP contribution >= 0.6 is 12.2 Å². The molecule has 1 heterocycles. The van der Waals surface area contributed by atoms with E-state index in [2.05, 4.69) is 15.3 Å².